The first-order chi connectivity index (χ1) is 15.4. The van der Waals surface area contributed by atoms with Gasteiger partial charge in [-0.2, -0.15) is 0 Å². The van der Waals surface area contributed by atoms with E-state index in [-0.39, 0.29) is 0 Å². The molecule has 0 fully saturated rings. The van der Waals surface area contributed by atoms with Crippen LogP contribution in [-0.2, 0) is 0 Å². The van der Waals surface area contributed by atoms with Crippen molar-refractivity contribution < 1.29 is 4.42 Å². The van der Waals surface area contributed by atoms with E-state index in [9.17, 15) is 0 Å². The van der Waals surface area contributed by atoms with Gasteiger partial charge in [-0.1, -0.05) is 97.1 Å². The van der Waals surface area contributed by atoms with Crippen molar-refractivity contribution in [1.82, 2.24) is 4.98 Å². The predicted octanol–water partition coefficient (Wildman–Crippen LogP) is 7.98. The molecule has 6 aromatic rings. The molecular formula is C29H19NO. The molecule has 4 aromatic carbocycles. The van der Waals surface area contributed by atoms with Crippen LogP contribution in [0, 0.1) is 0 Å². The van der Waals surface area contributed by atoms with Gasteiger partial charge in [-0.05, 0) is 23.3 Å². The first-order valence-electron chi connectivity index (χ1n) is 10.4. The summed E-state index contributed by atoms with van der Waals surface area (Å²) in [6, 6.07) is 37.6. The summed E-state index contributed by atoms with van der Waals surface area (Å²) < 4.78 is 6.68. The number of furan rings is 1. The zero-order valence-corrected chi connectivity index (χ0v) is 16.8. The van der Waals surface area contributed by atoms with Crippen LogP contribution in [0.15, 0.2) is 120 Å². The molecule has 0 amide bonds. The smallest absolute Gasteiger partial charge is 0.143 e. The largest absolute Gasteiger partial charge is 0.455 e. The third kappa shape index (κ3) is 2.92. The second-order valence-electron chi connectivity index (χ2n) is 7.60. The molecule has 2 heterocycles. The fourth-order valence-corrected chi connectivity index (χ4v) is 4.34. The van der Waals surface area contributed by atoms with Crippen LogP contribution in [0.25, 0.3) is 55.4 Å². The van der Waals surface area contributed by atoms with E-state index < -0.39 is 0 Å². The van der Waals surface area contributed by atoms with Crippen LogP contribution >= 0.6 is 0 Å². The molecule has 0 atom stereocenters. The van der Waals surface area contributed by atoms with Crippen molar-refractivity contribution in [3.8, 4) is 33.8 Å². The second kappa shape index (κ2) is 7.26. The number of hydrogen-bond donors (Lipinski definition) is 0. The Labute approximate surface area is 180 Å². The monoisotopic (exact) mass is 397 g/mol. The van der Waals surface area contributed by atoms with Crippen LogP contribution in [0.2, 0.25) is 0 Å². The maximum atomic E-state index is 6.68. The molecule has 0 bridgehead atoms. The Bertz CT molecular complexity index is 1510. The molecule has 2 heteroatoms. The van der Waals surface area contributed by atoms with Crippen LogP contribution in [0.5, 0.6) is 0 Å². The first-order valence-corrected chi connectivity index (χ1v) is 10.4. The van der Waals surface area contributed by atoms with Gasteiger partial charge in [0, 0.05) is 33.5 Å². The van der Waals surface area contributed by atoms with Crippen molar-refractivity contribution in [2.45, 2.75) is 0 Å². The quantitative estimate of drug-likeness (QED) is 0.302. The summed E-state index contributed by atoms with van der Waals surface area (Å²) in [6.45, 7) is 0. The number of fused-ring (bicyclic) bond motifs is 2. The zero-order valence-electron chi connectivity index (χ0n) is 16.8. The fourth-order valence-electron chi connectivity index (χ4n) is 4.34. The number of nitrogens with zero attached hydrogens (tertiary/aromatic N) is 1. The summed E-state index contributed by atoms with van der Waals surface area (Å²) in [7, 11) is 0. The summed E-state index contributed by atoms with van der Waals surface area (Å²) in [5.74, 6) is 1.78. The Morgan fingerprint density at radius 3 is 1.84 bits per heavy atom. The maximum absolute atomic E-state index is 6.68. The molecule has 0 unspecified atom stereocenters. The summed E-state index contributed by atoms with van der Waals surface area (Å²) in [6.07, 6.45) is 1.84. The van der Waals surface area contributed by atoms with Gasteiger partial charge in [0.2, 0.25) is 0 Å². The highest BCUT2D eigenvalue weighted by Crippen LogP contribution is 2.45. The first kappa shape index (κ1) is 17.7. The molecule has 31 heavy (non-hydrogen) atoms. The molecule has 6 rings (SSSR count). The molecule has 0 saturated carbocycles. The fraction of sp³-hybridized carbons (Fsp3) is 0. The Balaban J connectivity index is 1.74. The minimum atomic E-state index is 0.881. The number of aromatic nitrogens is 1. The summed E-state index contributed by atoms with van der Waals surface area (Å²) in [5, 5.41) is 3.31. The number of hydrogen-bond acceptors (Lipinski definition) is 2. The molecule has 0 radical (unpaired) electrons. The molecule has 0 aliphatic carbocycles. The third-order valence-electron chi connectivity index (χ3n) is 5.75. The minimum Gasteiger partial charge on any atom is -0.455 e. The SMILES string of the molecule is c1ccc(-c2ccc3ncccc3c2-c2oc(-c3ccccc3)c3ccccc23)cc1. The molecule has 0 aliphatic heterocycles. The van der Waals surface area contributed by atoms with Crippen LogP contribution in [0.1, 0.15) is 0 Å². The van der Waals surface area contributed by atoms with E-state index in [1.807, 2.05) is 36.5 Å². The lowest BCUT2D eigenvalue weighted by Crippen LogP contribution is -1.88. The predicted molar refractivity (Wildman–Crippen MR) is 128 cm³/mol. The highest BCUT2D eigenvalue weighted by atomic mass is 16.3. The van der Waals surface area contributed by atoms with Crippen LogP contribution in [-0.4, -0.2) is 4.98 Å². The molecular weight excluding hydrogens is 378 g/mol. The highest BCUT2D eigenvalue weighted by molar-refractivity contribution is 6.11. The van der Waals surface area contributed by atoms with Gasteiger partial charge in [-0.15, -0.1) is 0 Å². The van der Waals surface area contributed by atoms with E-state index in [0.29, 0.717) is 0 Å². The Morgan fingerprint density at radius 2 is 1.10 bits per heavy atom. The lowest BCUT2D eigenvalue weighted by atomic mass is 9.93. The Hall–Kier alpha value is -4.17. The van der Waals surface area contributed by atoms with Crippen molar-refractivity contribution in [3.63, 3.8) is 0 Å². The van der Waals surface area contributed by atoms with Gasteiger partial charge < -0.3 is 4.42 Å². The molecule has 2 aromatic heterocycles. The van der Waals surface area contributed by atoms with Gasteiger partial charge in [0.15, 0.2) is 0 Å². The summed E-state index contributed by atoms with van der Waals surface area (Å²) >= 11 is 0. The van der Waals surface area contributed by atoms with E-state index in [0.717, 1.165) is 55.4 Å². The molecule has 2 nitrogen and oxygen atoms in total. The number of rotatable bonds is 3. The lowest BCUT2D eigenvalue weighted by Gasteiger charge is -2.12. The van der Waals surface area contributed by atoms with Gasteiger partial charge in [0.25, 0.3) is 0 Å². The van der Waals surface area contributed by atoms with E-state index in [4.69, 9.17) is 4.42 Å². The third-order valence-corrected chi connectivity index (χ3v) is 5.75. The zero-order chi connectivity index (χ0) is 20.6. The summed E-state index contributed by atoms with van der Waals surface area (Å²) in [5.41, 5.74) is 5.41. The van der Waals surface area contributed by atoms with E-state index >= 15 is 0 Å². The lowest BCUT2D eigenvalue weighted by molar-refractivity contribution is 0.603. The van der Waals surface area contributed by atoms with Crippen LogP contribution in [0.4, 0.5) is 0 Å². The second-order valence-corrected chi connectivity index (χ2v) is 7.60. The van der Waals surface area contributed by atoms with Crippen molar-refractivity contribution >= 4 is 21.7 Å². The van der Waals surface area contributed by atoms with Gasteiger partial charge in [-0.3, -0.25) is 4.98 Å². The van der Waals surface area contributed by atoms with Crippen LogP contribution < -0.4 is 0 Å². The van der Waals surface area contributed by atoms with Crippen molar-refractivity contribution in [2.24, 2.45) is 0 Å². The number of pyridine rings is 1. The van der Waals surface area contributed by atoms with Gasteiger partial charge in [-0.25, -0.2) is 0 Å². The van der Waals surface area contributed by atoms with E-state index in [2.05, 4.69) is 83.8 Å². The normalized spacial score (nSPS) is 11.2. The standard InChI is InChI=1S/C29H19NO/c1-3-10-20(11-4-1)22-17-18-26-25(16-9-19-30-26)27(22)29-24-15-8-7-14-23(24)28(31-29)21-12-5-2-6-13-21/h1-19H. The minimum absolute atomic E-state index is 0.881. The van der Waals surface area contributed by atoms with Crippen molar-refractivity contribution in [1.29, 1.82) is 0 Å². The van der Waals surface area contributed by atoms with Gasteiger partial charge in [0.05, 0.1) is 5.52 Å². The van der Waals surface area contributed by atoms with Crippen molar-refractivity contribution in [3.05, 3.63) is 115 Å². The molecule has 0 N–H and O–H groups in total. The molecule has 146 valence electrons. The van der Waals surface area contributed by atoms with Crippen LogP contribution in [0.3, 0.4) is 0 Å². The van der Waals surface area contributed by atoms with E-state index in [1.54, 1.807) is 0 Å². The number of benzene rings is 4. The van der Waals surface area contributed by atoms with Gasteiger partial charge >= 0.3 is 0 Å². The Morgan fingerprint density at radius 1 is 0.484 bits per heavy atom. The van der Waals surface area contributed by atoms with Crippen molar-refractivity contribution in [2.75, 3.05) is 0 Å². The van der Waals surface area contributed by atoms with Gasteiger partial charge in [0.1, 0.15) is 11.5 Å². The Kier molecular flexibility index (Phi) is 4.14. The molecule has 0 saturated heterocycles. The molecule has 0 aliphatic rings. The average molecular weight is 397 g/mol. The summed E-state index contributed by atoms with van der Waals surface area (Å²) in [4.78, 5) is 4.61. The molecule has 0 spiro atoms. The average Bonchev–Trinajstić information content (AvgIpc) is 3.24. The van der Waals surface area contributed by atoms with E-state index in [1.165, 1.54) is 0 Å². The highest BCUT2D eigenvalue weighted by Gasteiger charge is 2.21. The maximum Gasteiger partial charge on any atom is 0.143 e. The topological polar surface area (TPSA) is 26.0 Å².